The van der Waals surface area contributed by atoms with Crippen molar-refractivity contribution in [2.75, 3.05) is 4.90 Å². The summed E-state index contributed by atoms with van der Waals surface area (Å²) in [4.78, 5) is 28.0. The van der Waals surface area contributed by atoms with Crippen LogP contribution in [-0.4, -0.2) is 51.6 Å². The molecule has 9 heteroatoms. The predicted octanol–water partition coefficient (Wildman–Crippen LogP) is 4.50. The highest BCUT2D eigenvalue weighted by Gasteiger charge is 2.51. The first-order chi connectivity index (χ1) is 17.7. The molecule has 1 aromatic rings. The lowest BCUT2D eigenvalue weighted by Crippen LogP contribution is -2.55. The number of allylic oxidation sites excluding steroid dienone is 2. The van der Waals surface area contributed by atoms with Crippen LogP contribution in [-0.2, 0) is 14.3 Å². The first-order valence-corrected chi connectivity index (χ1v) is 12.8. The average molecular weight is 513 g/mol. The Morgan fingerprint density at radius 1 is 1.16 bits per heavy atom. The number of nitrogens with zero attached hydrogens (tertiary/aromatic N) is 2. The minimum absolute atomic E-state index is 0.0310. The number of rotatable bonds is 9. The van der Waals surface area contributed by atoms with Crippen LogP contribution in [0.5, 0.6) is 0 Å². The lowest BCUT2D eigenvalue weighted by atomic mass is 9.81. The molecule has 1 aliphatic heterocycles. The second-order valence-corrected chi connectivity index (χ2v) is 10.1. The number of aliphatic hydroxyl groups is 1. The maximum Gasteiger partial charge on any atom is 0.303 e. The van der Waals surface area contributed by atoms with Gasteiger partial charge < -0.3 is 24.7 Å². The van der Waals surface area contributed by atoms with Crippen molar-refractivity contribution >= 4 is 17.6 Å². The molecule has 1 aromatic carbocycles. The number of fused-ring (bicyclic) bond motifs is 2. The molecule has 0 saturated heterocycles. The number of carbonyl (C=O) groups is 2. The molecule has 37 heavy (non-hydrogen) atoms. The van der Waals surface area contributed by atoms with E-state index in [0.29, 0.717) is 11.3 Å². The highest BCUT2D eigenvalue weighted by molar-refractivity contribution is 5.82. The van der Waals surface area contributed by atoms with E-state index in [2.05, 4.69) is 11.5 Å². The van der Waals surface area contributed by atoms with Gasteiger partial charge in [-0.25, -0.2) is 4.39 Å². The van der Waals surface area contributed by atoms with Crippen molar-refractivity contribution in [3.63, 3.8) is 0 Å². The van der Waals surface area contributed by atoms with Gasteiger partial charge >= 0.3 is 5.97 Å². The van der Waals surface area contributed by atoms with Crippen LogP contribution in [0.25, 0.3) is 0 Å². The second kappa shape index (κ2) is 10.3. The summed E-state index contributed by atoms with van der Waals surface area (Å²) in [6.07, 6.45) is 4.46. The van der Waals surface area contributed by atoms with E-state index in [1.165, 1.54) is 24.3 Å². The smallest absolute Gasteiger partial charge is 0.303 e. The molecule has 5 atom stereocenters. The summed E-state index contributed by atoms with van der Waals surface area (Å²) < 4.78 is 33.8. The molecular weight excluding hydrogens is 482 g/mol. The fourth-order valence-corrected chi connectivity index (χ4v) is 5.94. The van der Waals surface area contributed by atoms with Gasteiger partial charge in [0.25, 0.3) is 0 Å². The van der Waals surface area contributed by atoms with E-state index in [1.54, 1.807) is 17.9 Å². The van der Waals surface area contributed by atoms with Crippen molar-refractivity contribution in [2.24, 2.45) is 5.92 Å². The molecule has 196 valence electrons. The number of aliphatic carboxylic acids is 1. The molecule has 4 unspecified atom stereocenters. The van der Waals surface area contributed by atoms with Crippen molar-refractivity contribution < 1.29 is 33.3 Å². The fraction of sp³-hybridized carbons (Fsp3) is 0.500. The second-order valence-electron chi connectivity index (χ2n) is 10.1. The van der Waals surface area contributed by atoms with Gasteiger partial charge in [-0.2, -0.15) is 4.39 Å². The van der Waals surface area contributed by atoms with Crippen molar-refractivity contribution in [1.29, 1.82) is 0 Å². The predicted molar refractivity (Wildman–Crippen MR) is 130 cm³/mol. The summed E-state index contributed by atoms with van der Waals surface area (Å²) in [6, 6.07) is 3.86. The van der Waals surface area contributed by atoms with Crippen LogP contribution < -0.4 is 4.90 Å². The molecule has 0 aromatic heterocycles. The number of ether oxygens (including phenoxy) is 1. The van der Waals surface area contributed by atoms with Gasteiger partial charge in [-0.3, -0.25) is 9.59 Å². The lowest BCUT2D eigenvalue weighted by molar-refractivity contribution is -0.143. The standard InChI is InChI=1S/C28H30F2N2O5/c1-16(17-5-7-18(29)8-6-17)37-28(36)32-23-4-2-3-21(23)27(22-12-9-19(30)15-24(22)32)31(20-10-11-20)25(33)13-14-26(34)35/h5,7,9,12,15-16,20-21,23,27-28,36H,2-4,10-11,13-14H2,1H3,(H,34,35)/t16-,21?,23?,27?,28?/m1/s1. The van der Waals surface area contributed by atoms with Gasteiger partial charge in [-0.1, -0.05) is 18.2 Å². The van der Waals surface area contributed by atoms with Crippen LogP contribution in [0, 0.1) is 11.7 Å². The van der Waals surface area contributed by atoms with Gasteiger partial charge in [0.2, 0.25) is 12.3 Å². The van der Waals surface area contributed by atoms with Gasteiger partial charge in [0.15, 0.2) is 5.83 Å². The SMILES string of the molecule is C[C@@H](OC(O)N1c2cc(F)ccc2C(N(C(=O)CCC(=O)O)C2CC2)C2CCCC21)C1=C=C=C(F)C=C1. The maximum atomic E-state index is 14.6. The van der Waals surface area contributed by atoms with Gasteiger partial charge in [0, 0.05) is 35.7 Å². The Kier molecular flexibility index (Phi) is 7.06. The number of hydrogen-bond donors (Lipinski definition) is 2. The van der Waals surface area contributed by atoms with Crippen molar-refractivity contribution in [3.8, 4) is 0 Å². The Labute approximate surface area is 214 Å². The monoisotopic (exact) mass is 512 g/mol. The number of carbonyl (C=O) groups excluding carboxylic acids is 1. The van der Waals surface area contributed by atoms with Gasteiger partial charge in [-0.15, -0.1) is 0 Å². The van der Waals surface area contributed by atoms with Gasteiger partial charge in [0.1, 0.15) is 5.82 Å². The number of amides is 1. The summed E-state index contributed by atoms with van der Waals surface area (Å²) in [5.41, 5.74) is 6.75. The number of carboxylic acid groups (broad SMARTS) is 1. The number of benzene rings is 1. The molecule has 0 radical (unpaired) electrons. The average Bonchev–Trinajstić information content (AvgIpc) is 3.58. The molecule has 0 bridgehead atoms. The largest absolute Gasteiger partial charge is 0.481 e. The summed E-state index contributed by atoms with van der Waals surface area (Å²) >= 11 is 0. The minimum Gasteiger partial charge on any atom is -0.481 e. The van der Waals surface area contributed by atoms with Gasteiger partial charge in [0.05, 0.1) is 18.6 Å². The first-order valence-electron chi connectivity index (χ1n) is 12.8. The Morgan fingerprint density at radius 2 is 1.95 bits per heavy atom. The molecule has 1 heterocycles. The van der Waals surface area contributed by atoms with Crippen LogP contribution in [0.3, 0.4) is 0 Å². The molecule has 2 N–H and O–H groups in total. The Balaban J connectivity index is 1.49. The minimum atomic E-state index is -1.42. The zero-order chi connectivity index (χ0) is 26.3. The fourth-order valence-electron chi connectivity index (χ4n) is 5.94. The quantitative estimate of drug-likeness (QED) is 0.374. The Hall–Kier alpha value is -3.22. The molecule has 0 spiro atoms. The van der Waals surface area contributed by atoms with Crippen LogP contribution in [0.4, 0.5) is 14.5 Å². The van der Waals surface area contributed by atoms with Crippen molar-refractivity contribution in [1.82, 2.24) is 4.90 Å². The Bertz CT molecular complexity index is 1230. The highest BCUT2D eigenvalue weighted by Crippen LogP contribution is 2.53. The third-order valence-electron chi connectivity index (χ3n) is 7.70. The molecule has 3 aliphatic carbocycles. The zero-order valence-corrected chi connectivity index (χ0v) is 20.6. The van der Waals surface area contributed by atoms with E-state index in [1.807, 2.05) is 4.90 Å². The summed E-state index contributed by atoms with van der Waals surface area (Å²) in [5, 5.41) is 20.4. The number of carboxylic acids is 1. The lowest BCUT2D eigenvalue weighted by Gasteiger charge is -2.50. The van der Waals surface area contributed by atoms with Crippen LogP contribution in [0.2, 0.25) is 0 Å². The highest BCUT2D eigenvalue weighted by atomic mass is 19.1. The number of halogens is 2. The van der Waals surface area contributed by atoms with E-state index in [4.69, 9.17) is 9.84 Å². The normalized spacial score (nSPS) is 25.6. The Morgan fingerprint density at radius 3 is 2.62 bits per heavy atom. The van der Waals surface area contributed by atoms with Gasteiger partial charge in [-0.05, 0) is 68.2 Å². The third kappa shape index (κ3) is 5.13. The first kappa shape index (κ1) is 25.4. The molecule has 2 saturated carbocycles. The molecule has 5 rings (SSSR count). The van der Waals surface area contributed by atoms with Crippen LogP contribution >= 0.6 is 0 Å². The van der Waals surface area contributed by atoms with E-state index in [9.17, 15) is 23.5 Å². The zero-order valence-electron chi connectivity index (χ0n) is 20.6. The van der Waals surface area contributed by atoms with Crippen LogP contribution in [0.15, 0.2) is 53.2 Å². The van der Waals surface area contributed by atoms with E-state index >= 15 is 0 Å². The summed E-state index contributed by atoms with van der Waals surface area (Å²) in [6.45, 7) is 1.71. The molecule has 1 amide bonds. The van der Waals surface area contributed by atoms with Crippen molar-refractivity contribution in [2.45, 2.75) is 82.5 Å². The van der Waals surface area contributed by atoms with Crippen LogP contribution in [0.1, 0.15) is 63.5 Å². The maximum absolute atomic E-state index is 14.6. The van der Waals surface area contributed by atoms with E-state index in [-0.39, 0.29) is 42.8 Å². The number of anilines is 1. The molecule has 2 fully saturated rings. The topological polar surface area (TPSA) is 90.3 Å². The number of hydrogen-bond acceptors (Lipinski definition) is 5. The molecule has 4 aliphatic rings. The third-order valence-corrected chi connectivity index (χ3v) is 7.70. The molecule has 7 nitrogen and oxygen atoms in total. The van der Waals surface area contributed by atoms with E-state index < -0.39 is 30.1 Å². The summed E-state index contributed by atoms with van der Waals surface area (Å²) in [7, 11) is 0. The summed E-state index contributed by atoms with van der Waals surface area (Å²) in [5.74, 6) is -2.29. The number of aliphatic hydroxyl groups excluding tert-OH is 1. The van der Waals surface area contributed by atoms with E-state index in [0.717, 1.165) is 37.7 Å². The van der Waals surface area contributed by atoms with Crippen molar-refractivity contribution in [3.05, 3.63) is 64.6 Å². The molecular formula is C28H30F2N2O5.